The molecule has 312 valence electrons. The van der Waals surface area contributed by atoms with Crippen LogP contribution in [0.3, 0.4) is 0 Å². The molecule has 0 aromatic heterocycles. The average molecular weight is 776 g/mol. The second-order valence-electron chi connectivity index (χ2n) is 14.5. The highest BCUT2D eigenvalue weighted by Gasteiger charge is 2.28. The Kier molecular flexibility index (Phi) is 35.9. The summed E-state index contributed by atoms with van der Waals surface area (Å²) in [6, 6.07) is -1.52. The fourth-order valence-corrected chi connectivity index (χ4v) is 6.66. The first-order valence-corrected chi connectivity index (χ1v) is 22.7. The van der Waals surface area contributed by atoms with E-state index >= 15 is 0 Å². The predicted octanol–water partition coefficient (Wildman–Crippen LogP) is 10.9. The molecule has 0 aromatic rings. The fraction of sp³-hybridized carbons (Fsp3) is 0.878. The standard InChI is InChI=1S/C41H78NO10P/c1-3-5-7-9-11-13-15-17-18-19-20-21-23-25-27-29-31-33-40(44)52-37(35-50-53(47,48)51-36-38(42)41(45)46)34-49-39(43)32-30-28-26-24-22-16-14-12-10-8-6-4-2/h13,15,37-38H,3-12,14,16-36,42H2,1-2H3,(H,45,46)(H,47,48)/b15-13+/t37-,38+/m1/s1. The molecule has 0 aliphatic heterocycles. The van der Waals surface area contributed by atoms with Crippen molar-refractivity contribution in [1.29, 1.82) is 0 Å². The van der Waals surface area contributed by atoms with Crippen LogP contribution in [0.15, 0.2) is 12.2 Å². The molecule has 12 heteroatoms. The van der Waals surface area contributed by atoms with Crippen LogP contribution in [0.4, 0.5) is 0 Å². The highest BCUT2D eigenvalue weighted by atomic mass is 31.2. The molecule has 0 aliphatic carbocycles. The van der Waals surface area contributed by atoms with E-state index in [1.165, 1.54) is 122 Å². The normalized spacial score (nSPS) is 13.9. The van der Waals surface area contributed by atoms with Gasteiger partial charge in [0.2, 0.25) is 0 Å². The first-order valence-electron chi connectivity index (χ1n) is 21.2. The van der Waals surface area contributed by atoms with Gasteiger partial charge < -0.3 is 25.2 Å². The molecule has 0 heterocycles. The third-order valence-corrected chi connectivity index (χ3v) is 10.2. The van der Waals surface area contributed by atoms with Crippen LogP contribution in [-0.2, 0) is 37.5 Å². The zero-order chi connectivity index (χ0) is 39.3. The largest absolute Gasteiger partial charge is 0.480 e. The van der Waals surface area contributed by atoms with E-state index in [2.05, 4.69) is 30.5 Å². The van der Waals surface area contributed by atoms with E-state index in [0.717, 1.165) is 38.5 Å². The minimum absolute atomic E-state index is 0.163. The quantitative estimate of drug-likeness (QED) is 0.0234. The van der Waals surface area contributed by atoms with E-state index in [0.29, 0.717) is 12.8 Å². The van der Waals surface area contributed by atoms with Crippen LogP contribution in [-0.4, -0.2) is 59.9 Å². The summed E-state index contributed by atoms with van der Waals surface area (Å²) in [4.78, 5) is 45.9. The molecule has 0 rings (SSSR count). The monoisotopic (exact) mass is 776 g/mol. The number of rotatable bonds is 40. The van der Waals surface area contributed by atoms with Crippen molar-refractivity contribution in [3.8, 4) is 0 Å². The van der Waals surface area contributed by atoms with Crippen LogP contribution >= 0.6 is 7.82 Å². The van der Waals surface area contributed by atoms with Gasteiger partial charge in [-0.1, -0.05) is 161 Å². The summed E-state index contributed by atoms with van der Waals surface area (Å²) in [6.07, 6.45) is 35.6. The number of hydrogen-bond donors (Lipinski definition) is 3. The number of carboxylic acid groups (broad SMARTS) is 1. The van der Waals surface area contributed by atoms with Gasteiger partial charge in [0.25, 0.3) is 0 Å². The number of ether oxygens (including phenoxy) is 2. The van der Waals surface area contributed by atoms with Crippen molar-refractivity contribution in [2.75, 3.05) is 19.8 Å². The molecule has 1 unspecified atom stereocenters. The van der Waals surface area contributed by atoms with Gasteiger partial charge in [-0.25, -0.2) is 4.57 Å². The van der Waals surface area contributed by atoms with E-state index in [9.17, 15) is 23.8 Å². The van der Waals surface area contributed by atoms with Crippen molar-refractivity contribution in [1.82, 2.24) is 0 Å². The molecule has 0 spiro atoms. The molecule has 0 fully saturated rings. The summed E-state index contributed by atoms with van der Waals surface area (Å²) in [6.45, 7) is 2.79. The number of esters is 2. The van der Waals surface area contributed by atoms with Crippen molar-refractivity contribution in [2.24, 2.45) is 5.73 Å². The topological polar surface area (TPSA) is 172 Å². The van der Waals surface area contributed by atoms with Gasteiger partial charge in [-0.05, 0) is 38.5 Å². The third-order valence-electron chi connectivity index (χ3n) is 9.26. The second kappa shape index (κ2) is 37.2. The van der Waals surface area contributed by atoms with E-state index < -0.39 is 51.1 Å². The van der Waals surface area contributed by atoms with Crippen LogP contribution < -0.4 is 5.73 Å². The van der Waals surface area contributed by atoms with E-state index in [1.807, 2.05) is 0 Å². The lowest BCUT2D eigenvalue weighted by Crippen LogP contribution is -2.34. The summed E-state index contributed by atoms with van der Waals surface area (Å²) < 4.78 is 32.6. The molecule has 0 saturated heterocycles. The average Bonchev–Trinajstić information content (AvgIpc) is 3.13. The molecule has 0 radical (unpaired) electrons. The van der Waals surface area contributed by atoms with Gasteiger partial charge in [0.05, 0.1) is 13.2 Å². The Bertz CT molecular complexity index is 963. The zero-order valence-electron chi connectivity index (χ0n) is 33.6. The highest BCUT2D eigenvalue weighted by Crippen LogP contribution is 2.43. The van der Waals surface area contributed by atoms with Gasteiger partial charge in [-0.15, -0.1) is 0 Å². The Morgan fingerprint density at radius 2 is 0.943 bits per heavy atom. The summed E-state index contributed by atoms with van der Waals surface area (Å²) in [7, 11) is -4.71. The number of phosphoric acid groups is 1. The maximum atomic E-state index is 12.6. The maximum Gasteiger partial charge on any atom is 0.472 e. The number of aliphatic carboxylic acids is 1. The molecular weight excluding hydrogens is 697 g/mol. The molecule has 0 saturated carbocycles. The van der Waals surface area contributed by atoms with Crippen molar-refractivity contribution in [3.63, 3.8) is 0 Å². The molecule has 11 nitrogen and oxygen atoms in total. The molecule has 4 N–H and O–H groups in total. The number of phosphoric ester groups is 1. The molecule has 3 atom stereocenters. The highest BCUT2D eigenvalue weighted by molar-refractivity contribution is 7.47. The fourth-order valence-electron chi connectivity index (χ4n) is 5.88. The first-order chi connectivity index (χ1) is 25.6. The molecular formula is C41H78NO10P. The van der Waals surface area contributed by atoms with Gasteiger partial charge in [0.15, 0.2) is 6.10 Å². The summed E-state index contributed by atoms with van der Waals surface area (Å²) in [5.41, 5.74) is 5.33. The number of unbranched alkanes of at least 4 members (excludes halogenated alkanes) is 24. The number of allylic oxidation sites excluding steroid dienone is 2. The van der Waals surface area contributed by atoms with Gasteiger partial charge in [-0.3, -0.25) is 23.4 Å². The van der Waals surface area contributed by atoms with Crippen LogP contribution in [0.1, 0.15) is 200 Å². The van der Waals surface area contributed by atoms with Crippen LogP contribution in [0.2, 0.25) is 0 Å². The molecule has 0 bridgehead atoms. The number of carboxylic acids is 1. The second-order valence-corrected chi connectivity index (χ2v) is 15.9. The minimum atomic E-state index is -4.71. The molecule has 53 heavy (non-hydrogen) atoms. The summed E-state index contributed by atoms with van der Waals surface area (Å²) in [5, 5.41) is 8.87. The van der Waals surface area contributed by atoms with E-state index in [-0.39, 0.29) is 19.4 Å². The molecule has 0 aliphatic rings. The minimum Gasteiger partial charge on any atom is -0.480 e. The van der Waals surface area contributed by atoms with Crippen LogP contribution in [0.25, 0.3) is 0 Å². The smallest absolute Gasteiger partial charge is 0.472 e. The van der Waals surface area contributed by atoms with Crippen LogP contribution in [0.5, 0.6) is 0 Å². The Labute approximate surface area is 322 Å². The van der Waals surface area contributed by atoms with Gasteiger partial charge in [0, 0.05) is 12.8 Å². The van der Waals surface area contributed by atoms with Crippen molar-refractivity contribution < 1.29 is 47.5 Å². The van der Waals surface area contributed by atoms with Crippen molar-refractivity contribution in [3.05, 3.63) is 12.2 Å². The first kappa shape index (κ1) is 51.2. The lowest BCUT2D eigenvalue weighted by atomic mass is 10.0. The lowest BCUT2D eigenvalue weighted by Gasteiger charge is -2.20. The van der Waals surface area contributed by atoms with Crippen molar-refractivity contribution >= 4 is 25.7 Å². The Morgan fingerprint density at radius 3 is 1.40 bits per heavy atom. The molecule has 0 aromatic carbocycles. The van der Waals surface area contributed by atoms with Crippen molar-refractivity contribution in [2.45, 2.75) is 212 Å². The SMILES string of the molecule is CCCCCC/C=C/CCCCCCCCCCCC(=O)O[C@H](COC(=O)CCCCCCCCCCCCCC)COP(=O)(O)OC[C@H](N)C(=O)O. The Hall–Kier alpha value is -1.78. The molecule has 0 amide bonds. The third kappa shape index (κ3) is 36.9. The van der Waals surface area contributed by atoms with Gasteiger partial charge in [-0.2, -0.15) is 0 Å². The summed E-state index contributed by atoms with van der Waals surface area (Å²) >= 11 is 0. The predicted molar refractivity (Wildman–Crippen MR) is 213 cm³/mol. The zero-order valence-corrected chi connectivity index (χ0v) is 34.5. The van der Waals surface area contributed by atoms with Crippen LogP contribution in [0, 0.1) is 0 Å². The van der Waals surface area contributed by atoms with E-state index in [4.69, 9.17) is 24.8 Å². The number of carbonyl (C=O) groups excluding carboxylic acids is 2. The number of carbonyl (C=O) groups is 3. The lowest BCUT2D eigenvalue weighted by molar-refractivity contribution is -0.161. The Balaban J connectivity index is 4.34. The van der Waals surface area contributed by atoms with E-state index in [1.54, 1.807) is 0 Å². The van der Waals surface area contributed by atoms with Gasteiger partial charge in [0.1, 0.15) is 12.6 Å². The van der Waals surface area contributed by atoms with Gasteiger partial charge >= 0.3 is 25.7 Å². The Morgan fingerprint density at radius 1 is 0.566 bits per heavy atom. The maximum absolute atomic E-state index is 12.6. The number of nitrogens with two attached hydrogens (primary N) is 1. The summed E-state index contributed by atoms with van der Waals surface area (Å²) in [5.74, 6) is -2.37. The number of hydrogen-bond acceptors (Lipinski definition) is 9.